The van der Waals surface area contributed by atoms with Crippen molar-refractivity contribution >= 4 is 11.4 Å². The lowest BCUT2D eigenvalue weighted by Gasteiger charge is -2.06. The molecule has 3 aromatic rings. The third kappa shape index (κ3) is 3.69. The average molecular weight is 309 g/mol. The Balaban J connectivity index is 1.60. The number of amides is 1. The van der Waals surface area contributed by atoms with Crippen LogP contribution < -0.4 is 10.1 Å². The van der Waals surface area contributed by atoms with Gasteiger partial charge in [0.25, 0.3) is 5.91 Å². The topological polar surface area (TPSA) is 55.6 Å². The number of rotatable bonds is 6. The van der Waals surface area contributed by atoms with Crippen molar-refractivity contribution in [3.05, 3.63) is 66.0 Å². The monoisotopic (exact) mass is 309 g/mol. The molecule has 2 aromatic heterocycles. The zero-order valence-electron chi connectivity index (χ0n) is 13.0. The number of pyridine rings is 1. The van der Waals surface area contributed by atoms with Crippen LogP contribution in [0.1, 0.15) is 29.4 Å². The smallest absolute Gasteiger partial charge is 0.272 e. The van der Waals surface area contributed by atoms with Gasteiger partial charge in [-0.1, -0.05) is 25.1 Å². The fourth-order valence-electron chi connectivity index (χ4n) is 2.25. The number of aromatic nitrogens is 2. The zero-order chi connectivity index (χ0) is 16.1. The van der Waals surface area contributed by atoms with Gasteiger partial charge in [-0.15, -0.1) is 0 Å². The molecule has 0 saturated heterocycles. The second kappa shape index (κ2) is 6.96. The number of hydrogen-bond acceptors (Lipinski definition) is 3. The quantitative estimate of drug-likeness (QED) is 0.761. The van der Waals surface area contributed by atoms with Gasteiger partial charge in [0.05, 0.1) is 12.1 Å². The lowest BCUT2D eigenvalue weighted by atomic mass is 10.2. The Morgan fingerprint density at radius 2 is 2.04 bits per heavy atom. The third-order valence-corrected chi connectivity index (χ3v) is 3.45. The fourth-order valence-corrected chi connectivity index (χ4v) is 2.25. The summed E-state index contributed by atoms with van der Waals surface area (Å²) in [6.45, 7) is 3.24. The van der Waals surface area contributed by atoms with Gasteiger partial charge in [0.15, 0.2) is 5.69 Å². The molecule has 23 heavy (non-hydrogen) atoms. The molecule has 0 bridgehead atoms. The van der Waals surface area contributed by atoms with E-state index in [1.165, 1.54) is 0 Å². The average Bonchev–Trinajstić information content (AvgIpc) is 3.03. The van der Waals surface area contributed by atoms with Gasteiger partial charge in [0.2, 0.25) is 0 Å². The number of fused-ring (bicyclic) bond motifs is 1. The molecule has 118 valence electrons. The third-order valence-electron chi connectivity index (χ3n) is 3.45. The number of benzene rings is 1. The number of nitrogens with one attached hydrogen (secondary N) is 1. The Hall–Kier alpha value is -2.82. The van der Waals surface area contributed by atoms with Crippen LogP contribution in [0.3, 0.4) is 0 Å². The summed E-state index contributed by atoms with van der Waals surface area (Å²) in [6.07, 6.45) is 2.80. The predicted octanol–water partition coefficient (Wildman–Crippen LogP) is 3.05. The van der Waals surface area contributed by atoms with Gasteiger partial charge in [0.1, 0.15) is 5.75 Å². The number of nitrogens with zero attached hydrogens (tertiary/aromatic N) is 2. The Labute approximate surface area is 134 Å². The van der Waals surface area contributed by atoms with Crippen molar-refractivity contribution in [2.45, 2.75) is 19.9 Å². The second-order valence-corrected chi connectivity index (χ2v) is 5.27. The molecule has 5 nitrogen and oxygen atoms in total. The van der Waals surface area contributed by atoms with Crippen LogP contribution in [0.4, 0.5) is 0 Å². The molecule has 1 amide bonds. The molecule has 0 aliphatic heterocycles. The van der Waals surface area contributed by atoms with E-state index in [0.717, 1.165) is 23.3 Å². The summed E-state index contributed by atoms with van der Waals surface area (Å²) in [4.78, 5) is 12.2. The first-order valence-electron chi connectivity index (χ1n) is 7.70. The molecule has 1 N–H and O–H groups in total. The first-order valence-corrected chi connectivity index (χ1v) is 7.70. The van der Waals surface area contributed by atoms with Crippen LogP contribution in [0, 0.1) is 0 Å². The van der Waals surface area contributed by atoms with Crippen LogP contribution in [0.15, 0.2) is 54.7 Å². The van der Waals surface area contributed by atoms with E-state index >= 15 is 0 Å². The molecule has 2 heterocycles. The summed E-state index contributed by atoms with van der Waals surface area (Å²) in [7, 11) is 0. The van der Waals surface area contributed by atoms with E-state index < -0.39 is 0 Å². The molecule has 0 saturated carbocycles. The van der Waals surface area contributed by atoms with E-state index in [9.17, 15) is 4.79 Å². The highest BCUT2D eigenvalue weighted by Gasteiger charge is 2.10. The summed E-state index contributed by atoms with van der Waals surface area (Å²) in [6, 6.07) is 15.2. The van der Waals surface area contributed by atoms with Crippen molar-refractivity contribution in [2.75, 3.05) is 6.61 Å². The summed E-state index contributed by atoms with van der Waals surface area (Å²) < 4.78 is 7.23. The molecule has 1 aromatic carbocycles. The van der Waals surface area contributed by atoms with E-state index in [0.29, 0.717) is 18.8 Å². The van der Waals surface area contributed by atoms with Gasteiger partial charge in [-0.25, -0.2) is 4.52 Å². The maximum atomic E-state index is 12.2. The number of carbonyl (C=O) groups is 1. The maximum Gasteiger partial charge on any atom is 0.272 e. The van der Waals surface area contributed by atoms with Crippen LogP contribution >= 0.6 is 0 Å². The molecule has 0 spiro atoms. The predicted molar refractivity (Wildman–Crippen MR) is 88.6 cm³/mol. The Bertz CT molecular complexity index is 760. The van der Waals surface area contributed by atoms with Crippen molar-refractivity contribution < 1.29 is 9.53 Å². The van der Waals surface area contributed by atoms with Crippen LogP contribution in [-0.2, 0) is 6.54 Å². The minimum absolute atomic E-state index is 0.181. The normalized spacial score (nSPS) is 10.7. The largest absolute Gasteiger partial charge is 0.494 e. The van der Waals surface area contributed by atoms with Gasteiger partial charge in [0, 0.05) is 12.7 Å². The highest BCUT2D eigenvalue weighted by Crippen LogP contribution is 2.12. The van der Waals surface area contributed by atoms with Crippen LogP contribution in [-0.4, -0.2) is 22.1 Å². The molecular formula is C18H19N3O2. The standard InChI is InChI=1S/C18H19N3O2/c1-2-11-23-16-8-6-14(7-9-16)13-19-18(22)17-12-15-5-3-4-10-21(15)20-17/h3-10,12H,2,11,13H2,1H3,(H,19,22). The summed E-state index contributed by atoms with van der Waals surface area (Å²) in [5, 5.41) is 7.14. The van der Waals surface area contributed by atoms with Crippen molar-refractivity contribution in [3.8, 4) is 5.75 Å². The molecule has 0 aliphatic carbocycles. The number of ether oxygens (including phenoxy) is 1. The fraction of sp³-hybridized carbons (Fsp3) is 0.222. The SMILES string of the molecule is CCCOc1ccc(CNC(=O)c2cc3ccccn3n2)cc1. The molecular weight excluding hydrogens is 290 g/mol. The lowest BCUT2D eigenvalue weighted by molar-refractivity contribution is 0.0945. The minimum atomic E-state index is -0.181. The van der Waals surface area contributed by atoms with Gasteiger partial charge in [-0.3, -0.25) is 4.79 Å². The van der Waals surface area contributed by atoms with Crippen LogP contribution in [0.2, 0.25) is 0 Å². The summed E-state index contributed by atoms with van der Waals surface area (Å²) in [5.41, 5.74) is 2.33. The molecule has 0 fully saturated rings. The first kappa shape index (κ1) is 15.1. The molecule has 5 heteroatoms. The lowest BCUT2D eigenvalue weighted by Crippen LogP contribution is -2.23. The molecule has 0 radical (unpaired) electrons. The van der Waals surface area contributed by atoms with Crippen molar-refractivity contribution in [3.63, 3.8) is 0 Å². The molecule has 0 aliphatic rings. The van der Waals surface area contributed by atoms with E-state index in [-0.39, 0.29) is 5.91 Å². The van der Waals surface area contributed by atoms with E-state index in [4.69, 9.17) is 4.74 Å². The number of hydrogen-bond donors (Lipinski definition) is 1. The first-order chi connectivity index (χ1) is 11.3. The van der Waals surface area contributed by atoms with Crippen LogP contribution in [0.25, 0.3) is 5.52 Å². The van der Waals surface area contributed by atoms with Gasteiger partial charge < -0.3 is 10.1 Å². The minimum Gasteiger partial charge on any atom is -0.494 e. The van der Waals surface area contributed by atoms with Crippen molar-refractivity contribution in [2.24, 2.45) is 0 Å². The Morgan fingerprint density at radius 1 is 1.22 bits per heavy atom. The molecule has 0 unspecified atom stereocenters. The highest BCUT2D eigenvalue weighted by atomic mass is 16.5. The highest BCUT2D eigenvalue weighted by molar-refractivity contribution is 5.93. The van der Waals surface area contributed by atoms with Gasteiger partial charge in [-0.2, -0.15) is 5.10 Å². The van der Waals surface area contributed by atoms with E-state index in [1.54, 1.807) is 10.6 Å². The maximum absolute atomic E-state index is 12.2. The van der Waals surface area contributed by atoms with E-state index in [2.05, 4.69) is 17.3 Å². The Kier molecular flexibility index (Phi) is 4.57. The number of carbonyl (C=O) groups excluding carboxylic acids is 1. The van der Waals surface area contributed by atoms with E-state index in [1.807, 2.05) is 48.7 Å². The summed E-state index contributed by atoms with van der Waals surface area (Å²) in [5.74, 6) is 0.669. The molecule has 0 atom stereocenters. The van der Waals surface area contributed by atoms with Gasteiger partial charge >= 0.3 is 0 Å². The van der Waals surface area contributed by atoms with Crippen molar-refractivity contribution in [1.82, 2.24) is 14.9 Å². The second-order valence-electron chi connectivity index (χ2n) is 5.27. The van der Waals surface area contributed by atoms with Crippen molar-refractivity contribution in [1.29, 1.82) is 0 Å². The van der Waals surface area contributed by atoms with Crippen LogP contribution in [0.5, 0.6) is 5.75 Å². The Morgan fingerprint density at radius 3 is 2.78 bits per heavy atom. The van der Waals surface area contributed by atoms with Gasteiger partial charge in [-0.05, 0) is 42.3 Å². The summed E-state index contributed by atoms with van der Waals surface area (Å²) >= 11 is 0. The molecule has 3 rings (SSSR count). The zero-order valence-corrected chi connectivity index (χ0v) is 13.0.